The number of benzene rings is 2. The van der Waals surface area contributed by atoms with Crippen LogP contribution < -0.4 is 14.8 Å². The summed E-state index contributed by atoms with van der Waals surface area (Å²) in [6.07, 6.45) is 0. The largest absolute Gasteiger partial charge is 0.493 e. The molecule has 0 spiro atoms. The van der Waals surface area contributed by atoms with Gasteiger partial charge in [0.15, 0.2) is 11.5 Å². The van der Waals surface area contributed by atoms with Gasteiger partial charge in [-0.1, -0.05) is 21.1 Å². The maximum absolute atomic E-state index is 12.4. The fourth-order valence-corrected chi connectivity index (χ4v) is 2.92. The molecule has 0 unspecified atom stereocenters. The van der Waals surface area contributed by atoms with Crippen molar-refractivity contribution >= 4 is 21.6 Å². The molecule has 0 amide bonds. The number of nitrogens with zero attached hydrogens (tertiary/aromatic N) is 2. The van der Waals surface area contributed by atoms with Crippen molar-refractivity contribution in [3.8, 4) is 22.9 Å². The van der Waals surface area contributed by atoms with Gasteiger partial charge in [-0.15, -0.1) is 0 Å². The molecule has 2 aromatic carbocycles. The van der Waals surface area contributed by atoms with Crippen LogP contribution in [0.15, 0.2) is 45.4 Å². The normalized spacial score (nSPS) is 10.9. The van der Waals surface area contributed by atoms with Crippen LogP contribution in [0.5, 0.6) is 11.5 Å². The van der Waals surface area contributed by atoms with Crippen molar-refractivity contribution in [2.45, 2.75) is 20.1 Å². The molecule has 1 N–H and O–H groups in total. The molecule has 142 valence electrons. The van der Waals surface area contributed by atoms with Crippen LogP contribution >= 0.6 is 15.9 Å². The van der Waals surface area contributed by atoms with Crippen LogP contribution in [0.25, 0.3) is 11.4 Å². The lowest BCUT2D eigenvalue weighted by Gasteiger charge is -2.10. The Bertz CT molecular complexity index is 934. The number of halogens is 3. The van der Waals surface area contributed by atoms with Crippen molar-refractivity contribution in [1.29, 1.82) is 0 Å². The van der Waals surface area contributed by atoms with E-state index in [0.717, 1.165) is 15.7 Å². The number of rotatable bonds is 7. The summed E-state index contributed by atoms with van der Waals surface area (Å²) in [7, 11) is 1.36. The number of hydrogen-bond donors (Lipinski definition) is 1. The topological polar surface area (TPSA) is 69.4 Å². The highest BCUT2D eigenvalue weighted by atomic mass is 79.9. The first-order valence-electron chi connectivity index (χ1n) is 7.92. The van der Waals surface area contributed by atoms with Crippen LogP contribution in [0.3, 0.4) is 0 Å². The molecule has 1 aromatic heterocycles. The molecule has 9 heteroatoms. The second-order valence-corrected chi connectivity index (χ2v) is 6.48. The van der Waals surface area contributed by atoms with Gasteiger partial charge in [-0.25, -0.2) is 0 Å². The molecule has 0 atom stereocenters. The molecule has 3 rings (SSSR count). The summed E-state index contributed by atoms with van der Waals surface area (Å²) in [5.74, 6) is 0.801. The monoisotopic (exact) mass is 439 g/mol. The zero-order valence-corrected chi connectivity index (χ0v) is 16.1. The van der Waals surface area contributed by atoms with Crippen LogP contribution in [-0.4, -0.2) is 23.9 Å². The minimum Gasteiger partial charge on any atom is -0.493 e. The average molecular weight is 440 g/mol. The lowest BCUT2D eigenvalue weighted by atomic mass is 10.2. The van der Waals surface area contributed by atoms with Gasteiger partial charge in [0.25, 0.3) is 0 Å². The summed E-state index contributed by atoms with van der Waals surface area (Å²) in [5.41, 5.74) is 2.58. The van der Waals surface area contributed by atoms with Crippen LogP contribution in [0.4, 0.5) is 14.5 Å². The second-order valence-electron chi connectivity index (χ2n) is 5.57. The molecule has 0 saturated heterocycles. The van der Waals surface area contributed by atoms with E-state index in [9.17, 15) is 8.78 Å². The van der Waals surface area contributed by atoms with Gasteiger partial charge >= 0.3 is 6.61 Å². The van der Waals surface area contributed by atoms with Gasteiger partial charge in [-0.3, -0.25) is 0 Å². The summed E-state index contributed by atoms with van der Waals surface area (Å²) in [6, 6.07) is 10.3. The van der Waals surface area contributed by atoms with E-state index in [1.165, 1.54) is 19.2 Å². The highest BCUT2D eigenvalue weighted by Crippen LogP contribution is 2.32. The second kappa shape index (κ2) is 8.34. The van der Waals surface area contributed by atoms with Crippen molar-refractivity contribution in [3.05, 3.63) is 52.3 Å². The summed E-state index contributed by atoms with van der Waals surface area (Å²) in [4.78, 5) is 4.31. The molecular formula is C18H16BrF2N3O3. The first-order chi connectivity index (χ1) is 13.0. The number of ether oxygens (including phenoxy) is 2. The van der Waals surface area contributed by atoms with Crippen molar-refractivity contribution < 1.29 is 22.8 Å². The molecular weight excluding hydrogens is 424 g/mol. The van der Waals surface area contributed by atoms with Gasteiger partial charge in [-0.2, -0.15) is 13.8 Å². The SMILES string of the molecule is COc1cc(-c2noc(CNc3ccc(Br)cc3C)n2)ccc1OC(F)F. The molecule has 3 aromatic rings. The van der Waals surface area contributed by atoms with Crippen molar-refractivity contribution in [2.24, 2.45) is 0 Å². The average Bonchev–Trinajstić information content (AvgIpc) is 3.10. The fourth-order valence-electron chi connectivity index (χ4n) is 2.44. The third-order valence-corrected chi connectivity index (χ3v) is 4.22. The first-order valence-corrected chi connectivity index (χ1v) is 8.71. The Labute approximate surface area is 162 Å². The lowest BCUT2D eigenvalue weighted by molar-refractivity contribution is -0.0512. The molecule has 0 fully saturated rings. The Morgan fingerprint density at radius 2 is 2.00 bits per heavy atom. The van der Waals surface area contributed by atoms with Gasteiger partial charge in [0, 0.05) is 15.7 Å². The molecule has 0 aliphatic heterocycles. The molecule has 0 radical (unpaired) electrons. The zero-order chi connectivity index (χ0) is 19.4. The predicted molar refractivity (Wildman–Crippen MR) is 99.1 cm³/mol. The van der Waals surface area contributed by atoms with E-state index >= 15 is 0 Å². The molecule has 1 heterocycles. The van der Waals surface area contributed by atoms with Gasteiger partial charge in [0.2, 0.25) is 11.7 Å². The van der Waals surface area contributed by atoms with E-state index in [1.54, 1.807) is 6.07 Å². The Kier molecular flexibility index (Phi) is 5.90. The summed E-state index contributed by atoms with van der Waals surface area (Å²) in [5, 5.41) is 7.15. The molecule has 0 saturated carbocycles. The number of aromatic nitrogens is 2. The number of hydrogen-bond acceptors (Lipinski definition) is 6. The number of anilines is 1. The smallest absolute Gasteiger partial charge is 0.387 e. The molecule has 0 bridgehead atoms. The molecule has 6 nitrogen and oxygen atoms in total. The Hall–Kier alpha value is -2.68. The Balaban J connectivity index is 1.73. The van der Waals surface area contributed by atoms with Gasteiger partial charge in [-0.05, 0) is 48.9 Å². The number of aryl methyl sites for hydroxylation is 1. The minimum absolute atomic E-state index is 0.0626. The third kappa shape index (κ3) is 4.73. The summed E-state index contributed by atoms with van der Waals surface area (Å²) < 4.78 is 40.6. The summed E-state index contributed by atoms with van der Waals surface area (Å²) >= 11 is 3.42. The van der Waals surface area contributed by atoms with Crippen molar-refractivity contribution in [3.63, 3.8) is 0 Å². The van der Waals surface area contributed by atoms with Crippen LogP contribution in [0.2, 0.25) is 0 Å². The molecule has 0 aliphatic rings. The van der Waals surface area contributed by atoms with E-state index in [2.05, 4.69) is 36.1 Å². The molecule has 27 heavy (non-hydrogen) atoms. The fraction of sp³-hybridized carbons (Fsp3) is 0.222. The maximum Gasteiger partial charge on any atom is 0.387 e. The van der Waals surface area contributed by atoms with Gasteiger partial charge in [0.1, 0.15) is 0 Å². The number of methoxy groups -OCH3 is 1. The van der Waals surface area contributed by atoms with Gasteiger partial charge in [0.05, 0.1) is 13.7 Å². The van der Waals surface area contributed by atoms with Crippen LogP contribution in [-0.2, 0) is 6.54 Å². The van der Waals surface area contributed by atoms with Gasteiger partial charge < -0.3 is 19.3 Å². The van der Waals surface area contributed by atoms with E-state index in [-0.39, 0.29) is 11.5 Å². The van der Waals surface area contributed by atoms with Crippen LogP contribution in [0.1, 0.15) is 11.5 Å². The zero-order valence-electron chi connectivity index (χ0n) is 14.5. The van der Waals surface area contributed by atoms with E-state index < -0.39 is 6.61 Å². The minimum atomic E-state index is -2.94. The number of alkyl halides is 2. The van der Waals surface area contributed by atoms with E-state index in [4.69, 9.17) is 9.26 Å². The highest BCUT2D eigenvalue weighted by molar-refractivity contribution is 9.10. The summed E-state index contributed by atoms with van der Waals surface area (Å²) in [6.45, 7) is -0.601. The maximum atomic E-state index is 12.4. The van der Waals surface area contributed by atoms with Crippen LogP contribution in [0, 0.1) is 6.92 Å². The first kappa shape index (κ1) is 19.1. The quantitative estimate of drug-likeness (QED) is 0.556. The Morgan fingerprint density at radius 1 is 1.19 bits per heavy atom. The van der Waals surface area contributed by atoms with Crippen molar-refractivity contribution in [2.75, 3.05) is 12.4 Å². The Morgan fingerprint density at radius 3 is 2.70 bits per heavy atom. The standard InChI is InChI=1S/C18H16BrF2N3O3/c1-10-7-12(19)4-5-13(10)22-9-16-23-17(24-27-16)11-3-6-14(26-18(20)21)15(8-11)25-2/h3-8,18,22H,9H2,1-2H3. The van der Waals surface area contributed by atoms with Crippen molar-refractivity contribution in [1.82, 2.24) is 10.1 Å². The lowest BCUT2D eigenvalue weighted by Crippen LogP contribution is -2.03. The number of nitrogens with one attached hydrogen (secondary N) is 1. The molecule has 0 aliphatic carbocycles. The highest BCUT2D eigenvalue weighted by Gasteiger charge is 2.15. The van der Waals surface area contributed by atoms with E-state index in [0.29, 0.717) is 23.8 Å². The third-order valence-electron chi connectivity index (χ3n) is 3.72. The predicted octanol–water partition coefficient (Wildman–Crippen LogP) is 5.03. The van der Waals surface area contributed by atoms with E-state index in [1.807, 2.05) is 25.1 Å².